The van der Waals surface area contributed by atoms with E-state index in [4.69, 9.17) is 8.94 Å². The van der Waals surface area contributed by atoms with Crippen LogP contribution in [0.15, 0.2) is 57.9 Å². The lowest BCUT2D eigenvalue weighted by Crippen LogP contribution is -2.38. The first kappa shape index (κ1) is 18.1. The van der Waals surface area contributed by atoms with Gasteiger partial charge in [-0.3, -0.25) is 9.69 Å². The highest BCUT2D eigenvalue weighted by atomic mass is 16.5. The van der Waals surface area contributed by atoms with E-state index in [1.807, 2.05) is 13.0 Å². The normalized spacial score (nSPS) is 26.5. The van der Waals surface area contributed by atoms with Crippen molar-refractivity contribution in [1.29, 1.82) is 0 Å². The van der Waals surface area contributed by atoms with Gasteiger partial charge in [-0.15, -0.1) is 0 Å². The summed E-state index contributed by atoms with van der Waals surface area (Å²) in [6, 6.07) is 12.3. The van der Waals surface area contributed by atoms with E-state index in [0.717, 1.165) is 32.5 Å². The molecule has 0 unspecified atom stereocenters. The molecule has 1 N–H and O–H groups in total. The maximum absolute atomic E-state index is 12.5. The molecule has 1 saturated heterocycles. The van der Waals surface area contributed by atoms with E-state index in [-0.39, 0.29) is 17.4 Å². The zero-order valence-electron chi connectivity index (χ0n) is 16.4. The number of aromatic nitrogens is 2. The Morgan fingerprint density at radius 1 is 1.31 bits per heavy atom. The summed E-state index contributed by atoms with van der Waals surface area (Å²) in [4.78, 5) is 19.6. The van der Waals surface area contributed by atoms with Gasteiger partial charge >= 0.3 is 0 Å². The Morgan fingerprint density at radius 2 is 2.17 bits per heavy atom. The lowest BCUT2D eigenvalue weighted by Gasteiger charge is -2.25. The van der Waals surface area contributed by atoms with Crippen LogP contribution in [0, 0.1) is 12.8 Å². The summed E-state index contributed by atoms with van der Waals surface area (Å²) in [5.74, 6) is 1.62. The summed E-state index contributed by atoms with van der Waals surface area (Å²) < 4.78 is 10.7. The molecule has 1 aromatic carbocycles. The number of carbonyl (C=O) groups is 1. The lowest BCUT2D eigenvalue weighted by molar-refractivity contribution is 0.0933. The average molecular weight is 392 g/mol. The summed E-state index contributed by atoms with van der Waals surface area (Å²) >= 11 is 0. The van der Waals surface area contributed by atoms with Crippen LogP contribution in [0.4, 0.5) is 0 Å². The van der Waals surface area contributed by atoms with Crippen molar-refractivity contribution in [1.82, 2.24) is 20.4 Å². The third kappa shape index (κ3) is 3.35. The molecule has 0 bridgehead atoms. The largest absolute Gasteiger partial charge is 0.472 e. The zero-order chi connectivity index (χ0) is 19.8. The second-order valence-corrected chi connectivity index (χ2v) is 8.28. The predicted octanol–water partition coefficient (Wildman–Crippen LogP) is 2.93. The van der Waals surface area contributed by atoms with Crippen LogP contribution in [-0.2, 0) is 12.0 Å². The topological polar surface area (TPSA) is 84.4 Å². The molecule has 0 radical (unpaired) electrons. The fourth-order valence-corrected chi connectivity index (χ4v) is 5.04. The molecule has 1 amide bonds. The van der Waals surface area contributed by atoms with Crippen molar-refractivity contribution >= 4 is 5.91 Å². The van der Waals surface area contributed by atoms with Crippen LogP contribution in [0.2, 0.25) is 0 Å². The summed E-state index contributed by atoms with van der Waals surface area (Å²) in [6.45, 7) is 4.56. The molecular weight excluding hydrogens is 368 g/mol. The molecule has 3 heterocycles. The minimum atomic E-state index is -0.218. The molecule has 5 rings (SSSR count). The van der Waals surface area contributed by atoms with E-state index in [0.29, 0.717) is 23.2 Å². The first-order valence-electron chi connectivity index (χ1n) is 10.0. The van der Waals surface area contributed by atoms with Gasteiger partial charge in [0.25, 0.3) is 5.91 Å². The number of hydrogen-bond donors (Lipinski definition) is 1. The summed E-state index contributed by atoms with van der Waals surface area (Å²) in [7, 11) is 0. The van der Waals surface area contributed by atoms with E-state index in [1.54, 1.807) is 6.07 Å². The van der Waals surface area contributed by atoms with Gasteiger partial charge in [-0.1, -0.05) is 35.5 Å². The molecule has 2 fully saturated rings. The van der Waals surface area contributed by atoms with Crippen molar-refractivity contribution < 1.29 is 13.7 Å². The Hall–Kier alpha value is -2.93. The molecule has 1 aliphatic heterocycles. The molecule has 7 heteroatoms. The van der Waals surface area contributed by atoms with E-state index < -0.39 is 0 Å². The van der Waals surface area contributed by atoms with E-state index in [9.17, 15) is 4.79 Å². The Kier molecular flexibility index (Phi) is 4.47. The maximum Gasteiger partial charge on any atom is 0.254 e. The van der Waals surface area contributed by atoms with Crippen LogP contribution >= 0.6 is 0 Å². The minimum absolute atomic E-state index is 0.0773. The van der Waals surface area contributed by atoms with Crippen molar-refractivity contribution in [3.63, 3.8) is 0 Å². The molecule has 2 aromatic heterocycles. The molecule has 3 aromatic rings. The Morgan fingerprint density at radius 3 is 2.90 bits per heavy atom. The van der Waals surface area contributed by atoms with Crippen molar-refractivity contribution in [3.8, 4) is 0 Å². The van der Waals surface area contributed by atoms with Crippen molar-refractivity contribution in [2.24, 2.45) is 5.92 Å². The first-order valence-corrected chi connectivity index (χ1v) is 10.0. The Bertz CT molecular complexity index is 985. The molecule has 1 saturated carbocycles. The number of hydrogen-bond acceptors (Lipinski definition) is 6. The van der Waals surface area contributed by atoms with Crippen LogP contribution in [0.5, 0.6) is 0 Å². The maximum atomic E-state index is 12.5. The van der Waals surface area contributed by atoms with E-state index in [1.165, 1.54) is 18.1 Å². The van der Waals surface area contributed by atoms with Gasteiger partial charge in [0, 0.05) is 25.7 Å². The fraction of sp³-hybridized carbons (Fsp3) is 0.409. The van der Waals surface area contributed by atoms with Gasteiger partial charge in [-0.25, -0.2) is 0 Å². The minimum Gasteiger partial charge on any atom is -0.472 e. The number of likely N-dealkylation sites (tertiary alicyclic amines) is 1. The third-order valence-corrected chi connectivity index (χ3v) is 6.27. The Balaban J connectivity index is 1.36. The molecule has 0 spiro atoms. The second kappa shape index (κ2) is 7.15. The molecule has 150 valence electrons. The van der Waals surface area contributed by atoms with Crippen molar-refractivity contribution in [2.75, 3.05) is 13.1 Å². The zero-order valence-corrected chi connectivity index (χ0v) is 16.4. The first-order chi connectivity index (χ1) is 14.1. The SMILES string of the molecule is Cc1noc([C@]23C[C@H](NC(=O)c4ccoc4)C[C@H]2CN(Cc2ccccc2)C3)n1. The number of nitrogens with zero attached hydrogens (tertiary/aromatic N) is 3. The molecule has 7 nitrogen and oxygen atoms in total. The van der Waals surface area contributed by atoms with Crippen LogP contribution in [0.1, 0.15) is 40.5 Å². The smallest absolute Gasteiger partial charge is 0.254 e. The number of amides is 1. The number of aryl methyl sites for hydroxylation is 1. The predicted molar refractivity (Wildman–Crippen MR) is 105 cm³/mol. The van der Waals surface area contributed by atoms with Crippen LogP contribution in [0.3, 0.4) is 0 Å². The molecular formula is C22H24N4O3. The van der Waals surface area contributed by atoms with E-state index in [2.05, 4.69) is 44.6 Å². The highest BCUT2D eigenvalue weighted by molar-refractivity contribution is 5.94. The van der Waals surface area contributed by atoms with Gasteiger partial charge in [0.2, 0.25) is 5.89 Å². The summed E-state index contributed by atoms with van der Waals surface area (Å²) in [6.07, 6.45) is 4.69. The van der Waals surface area contributed by atoms with Crippen LogP contribution in [0.25, 0.3) is 0 Å². The standard InChI is InChI=1S/C22H24N4O3/c1-15-23-21(29-25-15)22-10-19(24-20(27)17-7-8-28-13-17)9-18(22)12-26(14-22)11-16-5-3-2-4-6-16/h2-8,13,18-19H,9-12,14H2,1H3,(H,24,27)/t18-,19+,22-/m0/s1. The third-order valence-electron chi connectivity index (χ3n) is 6.27. The average Bonchev–Trinajstić information content (AvgIpc) is 3.46. The van der Waals surface area contributed by atoms with Crippen molar-refractivity contribution in [3.05, 3.63) is 71.8 Å². The highest BCUT2D eigenvalue weighted by Crippen LogP contribution is 2.50. The lowest BCUT2D eigenvalue weighted by atomic mass is 9.80. The van der Waals surface area contributed by atoms with Gasteiger partial charge in [0.15, 0.2) is 5.82 Å². The molecule has 3 atom stereocenters. The Labute approximate surface area is 169 Å². The van der Waals surface area contributed by atoms with E-state index >= 15 is 0 Å². The molecule has 1 aliphatic carbocycles. The number of nitrogens with one attached hydrogen (secondary N) is 1. The van der Waals surface area contributed by atoms with Gasteiger partial charge in [0.1, 0.15) is 6.26 Å². The number of rotatable bonds is 5. The number of carbonyl (C=O) groups excluding carboxylic acids is 1. The quantitative estimate of drug-likeness (QED) is 0.719. The van der Waals surface area contributed by atoms with Gasteiger partial charge in [-0.05, 0) is 37.3 Å². The second-order valence-electron chi connectivity index (χ2n) is 8.28. The summed E-state index contributed by atoms with van der Waals surface area (Å²) in [5.41, 5.74) is 1.63. The number of fused-ring (bicyclic) bond motifs is 1. The van der Waals surface area contributed by atoms with Crippen molar-refractivity contribution in [2.45, 2.75) is 37.8 Å². The number of benzene rings is 1. The summed E-state index contributed by atoms with van der Waals surface area (Å²) in [5, 5.41) is 7.22. The van der Waals surface area contributed by atoms with Gasteiger partial charge in [-0.2, -0.15) is 4.98 Å². The van der Waals surface area contributed by atoms with Crippen LogP contribution in [-0.4, -0.2) is 40.1 Å². The van der Waals surface area contributed by atoms with Crippen LogP contribution < -0.4 is 5.32 Å². The number of furan rings is 1. The molecule has 2 aliphatic rings. The van der Waals surface area contributed by atoms with Gasteiger partial charge < -0.3 is 14.3 Å². The van der Waals surface area contributed by atoms with Gasteiger partial charge in [0.05, 0.1) is 17.2 Å². The molecule has 29 heavy (non-hydrogen) atoms. The monoisotopic (exact) mass is 392 g/mol. The highest BCUT2D eigenvalue weighted by Gasteiger charge is 2.57. The fourth-order valence-electron chi connectivity index (χ4n) is 5.04.